The minimum Gasteiger partial charge on any atom is -0.454 e. The summed E-state index contributed by atoms with van der Waals surface area (Å²) in [6, 6.07) is 33.9. The van der Waals surface area contributed by atoms with Crippen molar-refractivity contribution in [1.82, 2.24) is 24.4 Å². The highest BCUT2D eigenvalue weighted by atomic mass is 16.7. The van der Waals surface area contributed by atoms with Crippen LogP contribution in [0.1, 0.15) is 43.5 Å². The van der Waals surface area contributed by atoms with E-state index in [1.165, 1.54) is 11.3 Å². The molecule has 238 valence electrons. The third-order valence-electron chi connectivity index (χ3n) is 8.55. The summed E-state index contributed by atoms with van der Waals surface area (Å²) in [5, 5.41) is 4.39. The van der Waals surface area contributed by atoms with E-state index in [1.54, 1.807) is 6.33 Å². The molecule has 0 spiro atoms. The molecule has 1 N–H and O–H groups in total. The van der Waals surface area contributed by atoms with Crippen LogP contribution >= 0.6 is 0 Å². The van der Waals surface area contributed by atoms with Crippen LogP contribution in [-0.2, 0) is 26.2 Å². The van der Waals surface area contributed by atoms with Crippen molar-refractivity contribution in [2.75, 3.05) is 18.7 Å². The standard InChI is InChI=1S/C39H40N6O2/c1-3-5-20-45-34(37(30-12-8-6-9-13-30)43-39(45)31-14-10-7-11-15-31)25-44(24-29-17-19-35-36(22-29)47-27-46-35)23-28-16-18-32-33(21-28)41-26-42-38(32)40-4-2/h6-19,21-22,26H,3-5,20,23-25,27H2,1-2H3,(H,40,41,42). The molecule has 6 aromatic rings. The first-order chi connectivity index (χ1) is 23.2. The molecule has 0 saturated carbocycles. The molecular weight excluding hydrogens is 584 g/mol. The minimum absolute atomic E-state index is 0.260. The predicted octanol–water partition coefficient (Wildman–Crippen LogP) is 8.32. The molecule has 4 aromatic carbocycles. The Morgan fingerprint density at radius 2 is 1.49 bits per heavy atom. The van der Waals surface area contributed by atoms with Gasteiger partial charge < -0.3 is 19.4 Å². The highest BCUT2D eigenvalue weighted by Gasteiger charge is 2.23. The van der Waals surface area contributed by atoms with Crippen LogP contribution < -0.4 is 14.8 Å². The molecule has 0 radical (unpaired) electrons. The molecule has 0 amide bonds. The number of nitrogens with one attached hydrogen (secondary N) is 1. The van der Waals surface area contributed by atoms with Gasteiger partial charge in [0.1, 0.15) is 18.0 Å². The summed E-state index contributed by atoms with van der Waals surface area (Å²) in [5.74, 6) is 3.46. The van der Waals surface area contributed by atoms with Gasteiger partial charge in [0.2, 0.25) is 6.79 Å². The second-order valence-corrected chi connectivity index (χ2v) is 11.9. The smallest absolute Gasteiger partial charge is 0.231 e. The number of imidazole rings is 1. The molecule has 0 bridgehead atoms. The summed E-state index contributed by atoms with van der Waals surface area (Å²) >= 11 is 0. The van der Waals surface area contributed by atoms with Crippen LogP contribution in [-0.4, -0.2) is 37.8 Å². The number of hydrogen-bond donors (Lipinski definition) is 1. The number of aromatic nitrogens is 4. The molecule has 47 heavy (non-hydrogen) atoms. The van der Waals surface area contributed by atoms with Crippen LogP contribution in [0.25, 0.3) is 33.5 Å². The molecule has 1 aliphatic heterocycles. The first-order valence-electron chi connectivity index (χ1n) is 16.5. The van der Waals surface area contributed by atoms with Gasteiger partial charge in [-0.2, -0.15) is 0 Å². The number of ether oxygens (including phenoxy) is 2. The zero-order valence-electron chi connectivity index (χ0n) is 27.0. The van der Waals surface area contributed by atoms with E-state index in [0.717, 1.165) is 95.4 Å². The average molecular weight is 625 g/mol. The summed E-state index contributed by atoms with van der Waals surface area (Å²) in [7, 11) is 0. The lowest BCUT2D eigenvalue weighted by atomic mass is 10.1. The molecule has 0 aliphatic carbocycles. The zero-order chi connectivity index (χ0) is 32.0. The quantitative estimate of drug-likeness (QED) is 0.138. The van der Waals surface area contributed by atoms with E-state index >= 15 is 0 Å². The van der Waals surface area contributed by atoms with E-state index in [-0.39, 0.29) is 6.79 Å². The summed E-state index contributed by atoms with van der Waals surface area (Å²) < 4.78 is 13.8. The lowest BCUT2D eigenvalue weighted by Crippen LogP contribution is -2.24. The summed E-state index contributed by atoms with van der Waals surface area (Å²) in [6.07, 6.45) is 3.80. The van der Waals surface area contributed by atoms with Crippen LogP contribution in [0.3, 0.4) is 0 Å². The van der Waals surface area contributed by atoms with Gasteiger partial charge in [0.15, 0.2) is 11.5 Å². The molecule has 7 rings (SSSR count). The fourth-order valence-corrected chi connectivity index (χ4v) is 6.28. The van der Waals surface area contributed by atoms with Gasteiger partial charge in [-0.05, 0) is 48.7 Å². The van der Waals surface area contributed by atoms with Crippen molar-refractivity contribution in [1.29, 1.82) is 0 Å². The van der Waals surface area contributed by atoms with E-state index in [1.807, 2.05) is 6.07 Å². The lowest BCUT2D eigenvalue weighted by molar-refractivity contribution is 0.174. The van der Waals surface area contributed by atoms with Gasteiger partial charge in [-0.15, -0.1) is 0 Å². The van der Waals surface area contributed by atoms with Gasteiger partial charge in [0.25, 0.3) is 0 Å². The Balaban J connectivity index is 1.32. The number of benzene rings is 4. The Hall–Kier alpha value is -5.21. The number of nitrogens with zero attached hydrogens (tertiary/aromatic N) is 5. The molecular formula is C39H40N6O2. The Morgan fingerprint density at radius 3 is 2.26 bits per heavy atom. The minimum atomic E-state index is 0.260. The van der Waals surface area contributed by atoms with Gasteiger partial charge in [0.05, 0.1) is 16.9 Å². The van der Waals surface area contributed by atoms with Crippen molar-refractivity contribution in [3.8, 4) is 34.1 Å². The number of hydrogen-bond acceptors (Lipinski definition) is 7. The fraction of sp³-hybridized carbons (Fsp3) is 0.256. The second kappa shape index (κ2) is 14.1. The summed E-state index contributed by atoms with van der Waals surface area (Å²) in [4.78, 5) is 16.9. The van der Waals surface area contributed by atoms with E-state index in [4.69, 9.17) is 14.5 Å². The van der Waals surface area contributed by atoms with Crippen molar-refractivity contribution in [3.05, 3.63) is 120 Å². The summed E-state index contributed by atoms with van der Waals surface area (Å²) in [6.45, 7) is 8.42. The molecule has 0 unspecified atom stereocenters. The van der Waals surface area contributed by atoms with Crippen molar-refractivity contribution < 1.29 is 9.47 Å². The zero-order valence-corrected chi connectivity index (χ0v) is 27.0. The molecule has 8 nitrogen and oxygen atoms in total. The van der Waals surface area contributed by atoms with E-state index < -0.39 is 0 Å². The van der Waals surface area contributed by atoms with E-state index in [9.17, 15) is 0 Å². The first-order valence-corrected chi connectivity index (χ1v) is 16.5. The monoisotopic (exact) mass is 624 g/mol. The van der Waals surface area contributed by atoms with Crippen LogP contribution in [0.15, 0.2) is 103 Å². The van der Waals surface area contributed by atoms with Crippen molar-refractivity contribution in [2.24, 2.45) is 0 Å². The number of rotatable bonds is 13. The highest BCUT2D eigenvalue weighted by Crippen LogP contribution is 2.35. The maximum absolute atomic E-state index is 5.75. The van der Waals surface area contributed by atoms with E-state index in [2.05, 4.69) is 130 Å². The SMILES string of the molecule is CCCCn1c(-c2ccccc2)nc(-c2ccccc2)c1CN(Cc1ccc2c(c1)OCO2)Cc1ccc2c(NCC)ncnc2c1. The van der Waals surface area contributed by atoms with Crippen LogP contribution in [0, 0.1) is 0 Å². The largest absolute Gasteiger partial charge is 0.454 e. The molecule has 1 aliphatic rings. The Bertz CT molecular complexity index is 1960. The highest BCUT2D eigenvalue weighted by molar-refractivity contribution is 5.89. The number of unbranched alkanes of at least 4 members (excludes halogenated alkanes) is 1. The third-order valence-corrected chi connectivity index (χ3v) is 8.55. The Morgan fingerprint density at radius 1 is 0.766 bits per heavy atom. The van der Waals surface area contributed by atoms with Gasteiger partial charge >= 0.3 is 0 Å². The van der Waals surface area contributed by atoms with Gasteiger partial charge in [-0.1, -0.05) is 86.1 Å². The fourth-order valence-electron chi connectivity index (χ4n) is 6.28. The van der Waals surface area contributed by atoms with Crippen LogP contribution in [0.5, 0.6) is 11.5 Å². The molecule has 8 heteroatoms. The van der Waals surface area contributed by atoms with Crippen molar-refractivity contribution >= 4 is 16.7 Å². The molecule has 0 atom stereocenters. The Labute approximate surface area is 276 Å². The third kappa shape index (κ3) is 6.69. The van der Waals surface area contributed by atoms with Gasteiger partial charge in [-0.25, -0.2) is 15.0 Å². The van der Waals surface area contributed by atoms with Crippen molar-refractivity contribution in [3.63, 3.8) is 0 Å². The maximum atomic E-state index is 5.75. The normalized spacial score (nSPS) is 12.2. The molecule has 2 aromatic heterocycles. The summed E-state index contributed by atoms with van der Waals surface area (Å²) in [5.41, 5.74) is 7.76. The second-order valence-electron chi connectivity index (χ2n) is 11.9. The maximum Gasteiger partial charge on any atom is 0.231 e. The number of fused-ring (bicyclic) bond motifs is 2. The van der Waals surface area contributed by atoms with E-state index in [0.29, 0.717) is 6.54 Å². The first kappa shape index (κ1) is 30.4. The Kier molecular flexibility index (Phi) is 9.10. The number of anilines is 1. The predicted molar refractivity (Wildman–Crippen MR) is 187 cm³/mol. The van der Waals surface area contributed by atoms with Crippen LogP contribution in [0.2, 0.25) is 0 Å². The van der Waals surface area contributed by atoms with Crippen LogP contribution in [0.4, 0.5) is 5.82 Å². The van der Waals surface area contributed by atoms with Crippen molar-refractivity contribution in [2.45, 2.75) is 52.9 Å². The average Bonchev–Trinajstić information content (AvgIpc) is 3.72. The molecule has 0 saturated heterocycles. The van der Waals surface area contributed by atoms with Gasteiger partial charge in [-0.3, -0.25) is 4.90 Å². The van der Waals surface area contributed by atoms with Gasteiger partial charge in [0, 0.05) is 49.2 Å². The molecule has 3 heterocycles. The molecule has 0 fully saturated rings. The lowest BCUT2D eigenvalue weighted by Gasteiger charge is -2.25. The topological polar surface area (TPSA) is 77.3 Å².